The highest BCUT2D eigenvalue weighted by Crippen LogP contribution is 2.20. The van der Waals surface area contributed by atoms with Crippen LogP contribution in [0, 0.1) is 0 Å². The van der Waals surface area contributed by atoms with E-state index in [4.69, 9.17) is 0 Å². The SMILES string of the molecule is O=C1CCCN(S(=O)(=O)c2cnn(-c3ccccc3)c2)C1. The van der Waals surface area contributed by atoms with E-state index in [0.29, 0.717) is 19.4 Å². The molecule has 0 bridgehead atoms. The molecule has 2 aromatic rings. The first kappa shape index (κ1) is 14.0. The predicted molar refractivity (Wildman–Crippen MR) is 76.6 cm³/mol. The van der Waals surface area contributed by atoms with E-state index in [-0.39, 0.29) is 17.2 Å². The molecule has 1 aromatic carbocycles. The lowest BCUT2D eigenvalue weighted by atomic mass is 10.1. The molecule has 0 saturated carbocycles. The zero-order valence-corrected chi connectivity index (χ0v) is 12.2. The summed E-state index contributed by atoms with van der Waals surface area (Å²) in [5.74, 6) is -0.0414. The van der Waals surface area contributed by atoms with Gasteiger partial charge in [-0.1, -0.05) is 18.2 Å². The van der Waals surface area contributed by atoms with Crippen LogP contribution in [0.3, 0.4) is 0 Å². The van der Waals surface area contributed by atoms with Gasteiger partial charge in [-0.3, -0.25) is 4.79 Å². The number of hydrogen-bond acceptors (Lipinski definition) is 4. The largest absolute Gasteiger partial charge is 0.298 e. The van der Waals surface area contributed by atoms with Crippen molar-refractivity contribution in [3.8, 4) is 5.69 Å². The zero-order valence-electron chi connectivity index (χ0n) is 11.3. The van der Waals surface area contributed by atoms with Gasteiger partial charge in [0.1, 0.15) is 10.7 Å². The molecule has 1 aliphatic heterocycles. The van der Waals surface area contributed by atoms with Crippen LogP contribution in [0.1, 0.15) is 12.8 Å². The lowest BCUT2D eigenvalue weighted by Gasteiger charge is -2.24. The van der Waals surface area contributed by atoms with Crippen LogP contribution < -0.4 is 0 Å². The van der Waals surface area contributed by atoms with Crippen molar-refractivity contribution in [3.05, 3.63) is 42.7 Å². The van der Waals surface area contributed by atoms with Gasteiger partial charge in [0.15, 0.2) is 0 Å². The van der Waals surface area contributed by atoms with Gasteiger partial charge in [0, 0.05) is 13.0 Å². The van der Waals surface area contributed by atoms with Crippen molar-refractivity contribution in [1.29, 1.82) is 0 Å². The Labute approximate surface area is 123 Å². The third-order valence-corrected chi connectivity index (χ3v) is 5.23. The average Bonchev–Trinajstić information content (AvgIpc) is 2.99. The molecule has 1 fully saturated rings. The molecule has 0 aliphatic carbocycles. The minimum atomic E-state index is -3.65. The van der Waals surface area contributed by atoms with Crippen molar-refractivity contribution in [2.75, 3.05) is 13.1 Å². The summed E-state index contributed by atoms with van der Waals surface area (Å²) in [4.78, 5) is 11.6. The molecule has 1 saturated heterocycles. The standard InChI is InChI=1S/C14H15N3O3S/c18-13-7-4-8-16(10-13)21(19,20)14-9-15-17(11-14)12-5-2-1-3-6-12/h1-3,5-6,9,11H,4,7-8,10H2. The molecule has 7 heteroatoms. The van der Waals surface area contributed by atoms with Gasteiger partial charge < -0.3 is 0 Å². The molecule has 21 heavy (non-hydrogen) atoms. The topological polar surface area (TPSA) is 72.3 Å². The van der Waals surface area contributed by atoms with Crippen LogP contribution in [0.5, 0.6) is 0 Å². The molecule has 0 atom stereocenters. The molecule has 3 rings (SSSR count). The highest BCUT2D eigenvalue weighted by Gasteiger charge is 2.30. The monoisotopic (exact) mass is 305 g/mol. The number of aromatic nitrogens is 2. The second-order valence-electron chi connectivity index (χ2n) is 4.94. The summed E-state index contributed by atoms with van der Waals surface area (Å²) in [6.45, 7) is 0.337. The van der Waals surface area contributed by atoms with Gasteiger partial charge >= 0.3 is 0 Å². The summed E-state index contributed by atoms with van der Waals surface area (Å²) >= 11 is 0. The number of Topliss-reactive ketones (excluding diaryl/α,β-unsaturated/α-hetero) is 1. The van der Waals surface area contributed by atoms with Gasteiger partial charge in [0.05, 0.1) is 24.6 Å². The van der Waals surface area contributed by atoms with Gasteiger partial charge in [0.2, 0.25) is 10.0 Å². The quantitative estimate of drug-likeness (QED) is 0.855. The van der Waals surface area contributed by atoms with Crippen LogP contribution >= 0.6 is 0 Å². The number of ketones is 1. The molecule has 0 spiro atoms. The molecule has 1 aromatic heterocycles. The van der Waals surface area contributed by atoms with E-state index in [1.54, 1.807) is 0 Å². The maximum Gasteiger partial charge on any atom is 0.246 e. The third kappa shape index (κ3) is 2.74. The Morgan fingerprint density at radius 2 is 1.90 bits per heavy atom. The lowest BCUT2D eigenvalue weighted by molar-refractivity contribution is -0.120. The van der Waals surface area contributed by atoms with Gasteiger partial charge in [-0.2, -0.15) is 9.40 Å². The predicted octanol–water partition coefficient (Wildman–Crippen LogP) is 1.23. The summed E-state index contributed by atoms with van der Waals surface area (Å²) in [5.41, 5.74) is 0.786. The van der Waals surface area contributed by atoms with E-state index in [0.717, 1.165) is 5.69 Å². The summed E-state index contributed by atoms with van der Waals surface area (Å²) < 4.78 is 27.7. The summed E-state index contributed by atoms with van der Waals surface area (Å²) in [7, 11) is -3.65. The fourth-order valence-corrected chi connectivity index (χ4v) is 3.72. The highest BCUT2D eigenvalue weighted by molar-refractivity contribution is 7.89. The minimum absolute atomic E-state index is 0.0414. The molecule has 1 aliphatic rings. The van der Waals surface area contributed by atoms with Crippen LogP contribution in [-0.2, 0) is 14.8 Å². The maximum atomic E-state index is 12.5. The van der Waals surface area contributed by atoms with E-state index in [2.05, 4.69) is 5.10 Å². The van der Waals surface area contributed by atoms with E-state index in [1.807, 2.05) is 30.3 Å². The Hall–Kier alpha value is -1.99. The van der Waals surface area contributed by atoms with Crippen LogP contribution in [0.15, 0.2) is 47.6 Å². The Morgan fingerprint density at radius 1 is 1.14 bits per heavy atom. The van der Waals surface area contributed by atoms with Crippen LogP contribution in [0.2, 0.25) is 0 Å². The van der Waals surface area contributed by atoms with E-state index >= 15 is 0 Å². The first-order valence-corrected chi connectivity index (χ1v) is 8.13. The molecule has 6 nitrogen and oxygen atoms in total. The molecule has 0 unspecified atom stereocenters. The Balaban J connectivity index is 1.90. The molecular weight excluding hydrogens is 290 g/mol. The number of sulfonamides is 1. The molecule has 0 radical (unpaired) electrons. The second-order valence-corrected chi connectivity index (χ2v) is 6.87. The van der Waals surface area contributed by atoms with Crippen LogP contribution in [0.4, 0.5) is 0 Å². The number of rotatable bonds is 3. The third-order valence-electron chi connectivity index (χ3n) is 3.43. The van der Waals surface area contributed by atoms with Crippen molar-refractivity contribution >= 4 is 15.8 Å². The zero-order chi connectivity index (χ0) is 14.9. The first-order valence-electron chi connectivity index (χ1n) is 6.69. The smallest absolute Gasteiger partial charge is 0.246 e. The summed E-state index contributed by atoms with van der Waals surface area (Å²) in [6, 6.07) is 9.27. The maximum absolute atomic E-state index is 12.5. The fraction of sp³-hybridized carbons (Fsp3) is 0.286. The second kappa shape index (κ2) is 5.42. The Kier molecular flexibility index (Phi) is 3.60. The molecule has 0 N–H and O–H groups in total. The number of carbonyl (C=O) groups excluding carboxylic acids is 1. The number of hydrogen-bond donors (Lipinski definition) is 0. The normalized spacial score (nSPS) is 17.0. The molecule has 2 heterocycles. The number of carbonyl (C=O) groups is 1. The Morgan fingerprint density at radius 3 is 2.62 bits per heavy atom. The molecule has 110 valence electrons. The first-order chi connectivity index (χ1) is 10.1. The van der Waals surface area contributed by atoms with Crippen LogP contribution in [-0.4, -0.2) is 41.4 Å². The fourth-order valence-electron chi connectivity index (χ4n) is 2.32. The molecular formula is C14H15N3O3S. The number of benzene rings is 1. The van der Waals surface area contributed by atoms with Crippen molar-refractivity contribution < 1.29 is 13.2 Å². The Bertz CT molecular complexity index is 753. The lowest BCUT2D eigenvalue weighted by Crippen LogP contribution is -2.39. The van der Waals surface area contributed by atoms with Crippen molar-refractivity contribution in [2.45, 2.75) is 17.7 Å². The van der Waals surface area contributed by atoms with Crippen molar-refractivity contribution in [1.82, 2.24) is 14.1 Å². The summed E-state index contributed by atoms with van der Waals surface area (Å²) in [5, 5.41) is 4.09. The van der Waals surface area contributed by atoms with Crippen molar-refractivity contribution in [2.24, 2.45) is 0 Å². The van der Waals surface area contributed by atoms with E-state index in [1.165, 1.54) is 21.4 Å². The van der Waals surface area contributed by atoms with Gasteiger partial charge in [-0.15, -0.1) is 0 Å². The average molecular weight is 305 g/mol. The minimum Gasteiger partial charge on any atom is -0.298 e. The van der Waals surface area contributed by atoms with E-state index < -0.39 is 10.0 Å². The van der Waals surface area contributed by atoms with E-state index in [9.17, 15) is 13.2 Å². The summed E-state index contributed by atoms with van der Waals surface area (Å²) in [6.07, 6.45) is 3.82. The number of para-hydroxylation sites is 1. The van der Waals surface area contributed by atoms with Crippen molar-refractivity contribution in [3.63, 3.8) is 0 Å². The number of piperidine rings is 1. The molecule has 0 amide bonds. The van der Waals surface area contributed by atoms with Gasteiger partial charge in [0.25, 0.3) is 0 Å². The number of nitrogens with zero attached hydrogens (tertiary/aromatic N) is 3. The van der Waals surface area contributed by atoms with Gasteiger partial charge in [-0.25, -0.2) is 13.1 Å². The van der Waals surface area contributed by atoms with Crippen LogP contribution in [0.25, 0.3) is 5.69 Å². The van der Waals surface area contributed by atoms with Gasteiger partial charge in [-0.05, 0) is 18.6 Å². The highest BCUT2D eigenvalue weighted by atomic mass is 32.2.